The number of aromatic amines is 1. The van der Waals surface area contributed by atoms with Gasteiger partial charge in [-0.2, -0.15) is 0 Å². The standard InChI is InChI=1S/C30H38FN5O2/c1-20(2)35(21(3)4)30(38)22-10-12-24(13-11-22)36(28-26(29(32)37)8-5-9-27(28)31)25-14-17-34(18-15-25)19-23-7-6-16-33-23/h5-13,16,20-21,25,33H,14-15,17-19H2,1-4H3,(H2,32,37). The summed E-state index contributed by atoms with van der Waals surface area (Å²) in [7, 11) is 0. The van der Waals surface area contributed by atoms with Gasteiger partial charge >= 0.3 is 0 Å². The number of piperidine rings is 1. The molecule has 1 aliphatic rings. The van der Waals surface area contributed by atoms with Crippen LogP contribution in [0.1, 0.15) is 66.9 Å². The molecule has 0 unspecified atom stereocenters. The van der Waals surface area contributed by atoms with Crippen LogP contribution in [0.25, 0.3) is 0 Å². The molecule has 4 rings (SSSR count). The average Bonchev–Trinajstić information content (AvgIpc) is 3.39. The van der Waals surface area contributed by atoms with Crippen LogP contribution in [0, 0.1) is 5.82 Å². The minimum Gasteiger partial charge on any atom is -0.366 e. The normalized spacial score (nSPS) is 14.7. The third kappa shape index (κ3) is 5.91. The number of nitrogens with zero attached hydrogens (tertiary/aromatic N) is 3. The first kappa shape index (κ1) is 27.4. The van der Waals surface area contributed by atoms with Crippen LogP contribution in [0.4, 0.5) is 15.8 Å². The Morgan fingerprint density at radius 1 is 1.00 bits per heavy atom. The molecule has 1 saturated heterocycles. The minimum absolute atomic E-state index is 0.0468. The number of nitrogens with one attached hydrogen (secondary N) is 1. The van der Waals surface area contributed by atoms with Gasteiger partial charge in [0.15, 0.2) is 0 Å². The molecule has 1 fully saturated rings. The number of amides is 2. The number of benzene rings is 2. The monoisotopic (exact) mass is 519 g/mol. The van der Waals surface area contributed by atoms with E-state index in [0.29, 0.717) is 5.56 Å². The molecule has 7 nitrogen and oxygen atoms in total. The minimum atomic E-state index is -0.676. The van der Waals surface area contributed by atoms with E-state index in [4.69, 9.17) is 5.73 Å². The van der Waals surface area contributed by atoms with Crippen LogP contribution >= 0.6 is 0 Å². The number of rotatable bonds is 9. The summed E-state index contributed by atoms with van der Waals surface area (Å²) in [5, 5.41) is 0. The second-order valence-electron chi connectivity index (χ2n) is 10.5. The molecule has 0 atom stereocenters. The van der Waals surface area contributed by atoms with E-state index in [-0.39, 0.29) is 35.3 Å². The van der Waals surface area contributed by atoms with Crippen LogP contribution < -0.4 is 10.6 Å². The predicted octanol–water partition coefficient (Wildman–Crippen LogP) is 5.31. The van der Waals surface area contributed by atoms with Gasteiger partial charge in [-0.05, 0) is 89.1 Å². The number of para-hydroxylation sites is 1. The maximum absolute atomic E-state index is 15.4. The lowest BCUT2D eigenvalue weighted by molar-refractivity contribution is 0.0643. The molecule has 3 N–H and O–H groups in total. The molecule has 2 heterocycles. The smallest absolute Gasteiger partial charge is 0.254 e. The summed E-state index contributed by atoms with van der Waals surface area (Å²) in [5.74, 6) is -1.22. The summed E-state index contributed by atoms with van der Waals surface area (Å²) in [6, 6.07) is 15.8. The van der Waals surface area contributed by atoms with E-state index in [1.807, 2.05) is 61.9 Å². The van der Waals surface area contributed by atoms with Crippen LogP contribution in [0.3, 0.4) is 0 Å². The Morgan fingerprint density at radius 2 is 1.66 bits per heavy atom. The zero-order valence-electron chi connectivity index (χ0n) is 22.7. The maximum Gasteiger partial charge on any atom is 0.254 e. The van der Waals surface area contributed by atoms with E-state index < -0.39 is 11.7 Å². The fraction of sp³-hybridized carbons (Fsp3) is 0.400. The van der Waals surface area contributed by atoms with Gasteiger partial charge in [-0.25, -0.2) is 4.39 Å². The number of nitrogens with two attached hydrogens (primary N) is 1. The van der Waals surface area contributed by atoms with Crippen LogP contribution in [-0.2, 0) is 6.54 Å². The van der Waals surface area contributed by atoms with E-state index >= 15 is 4.39 Å². The molecule has 0 bridgehead atoms. The summed E-state index contributed by atoms with van der Waals surface area (Å²) in [6.45, 7) is 10.5. The highest BCUT2D eigenvalue weighted by molar-refractivity contribution is 6.00. The number of primary amides is 1. The number of anilines is 2. The van der Waals surface area contributed by atoms with Gasteiger partial charge in [-0.15, -0.1) is 0 Å². The number of H-pyrrole nitrogens is 1. The van der Waals surface area contributed by atoms with Crippen molar-refractivity contribution in [3.05, 3.63) is 83.4 Å². The van der Waals surface area contributed by atoms with Crippen molar-refractivity contribution < 1.29 is 14.0 Å². The van der Waals surface area contributed by atoms with Gasteiger partial charge in [0.1, 0.15) is 5.82 Å². The van der Waals surface area contributed by atoms with Gasteiger partial charge in [0, 0.05) is 60.9 Å². The molecule has 3 aromatic rings. The largest absolute Gasteiger partial charge is 0.366 e. The molecule has 1 aromatic heterocycles. The van der Waals surface area contributed by atoms with Crippen LogP contribution in [0.2, 0.25) is 0 Å². The highest BCUT2D eigenvalue weighted by atomic mass is 19.1. The number of carbonyl (C=O) groups excluding carboxylic acids is 2. The summed E-state index contributed by atoms with van der Waals surface area (Å²) in [5.41, 5.74) is 8.46. The fourth-order valence-electron chi connectivity index (χ4n) is 5.50. The molecule has 0 radical (unpaired) electrons. The molecule has 1 aliphatic heterocycles. The molecule has 0 spiro atoms. The van der Waals surface area contributed by atoms with E-state index in [0.717, 1.165) is 43.9 Å². The highest BCUT2D eigenvalue weighted by Gasteiger charge is 2.31. The summed E-state index contributed by atoms with van der Waals surface area (Å²) in [4.78, 5) is 34.9. The lowest BCUT2D eigenvalue weighted by atomic mass is 9.98. The Bertz CT molecular complexity index is 1220. The number of hydrogen-bond donors (Lipinski definition) is 2. The van der Waals surface area contributed by atoms with Crippen LogP contribution in [-0.4, -0.2) is 57.8 Å². The van der Waals surface area contributed by atoms with Gasteiger partial charge in [-0.1, -0.05) is 6.07 Å². The zero-order valence-corrected chi connectivity index (χ0v) is 22.7. The number of carbonyl (C=O) groups is 2. The first-order valence-corrected chi connectivity index (χ1v) is 13.3. The van der Waals surface area contributed by atoms with Crippen molar-refractivity contribution in [3.8, 4) is 0 Å². The molecule has 8 heteroatoms. The summed E-state index contributed by atoms with van der Waals surface area (Å²) in [6.07, 6.45) is 3.48. The van der Waals surface area contributed by atoms with Crippen molar-refractivity contribution >= 4 is 23.2 Å². The quantitative estimate of drug-likeness (QED) is 0.401. The van der Waals surface area contributed by atoms with Gasteiger partial charge in [0.25, 0.3) is 11.8 Å². The Kier molecular flexibility index (Phi) is 8.52. The number of halogens is 1. The van der Waals surface area contributed by atoms with E-state index in [2.05, 4.69) is 16.0 Å². The van der Waals surface area contributed by atoms with Crippen molar-refractivity contribution in [1.82, 2.24) is 14.8 Å². The lowest BCUT2D eigenvalue weighted by Gasteiger charge is -2.40. The summed E-state index contributed by atoms with van der Waals surface area (Å²) < 4.78 is 15.4. The number of hydrogen-bond acceptors (Lipinski definition) is 4. The van der Waals surface area contributed by atoms with Gasteiger partial charge in [-0.3, -0.25) is 14.5 Å². The molecule has 0 aliphatic carbocycles. The molecule has 38 heavy (non-hydrogen) atoms. The Balaban J connectivity index is 1.66. The second-order valence-corrected chi connectivity index (χ2v) is 10.5. The fourth-order valence-corrected chi connectivity index (χ4v) is 5.50. The molecular formula is C30H38FN5O2. The summed E-state index contributed by atoms with van der Waals surface area (Å²) >= 11 is 0. The number of aromatic nitrogens is 1. The van der Waals surface area contributed by atoms with Gasteiger partial charge in [0.2, 0.25) is 0 Å². The van der Waals surface area contributed by atoms with Crippen molar-refractivity contribution in [2.45, 2.75) is 65.2 Å². The van der Waals surface area contributed by atoms with E-state index in [1.165, 1.54) is 12.1 Å². The molecule has 2 amide bonds. The second kappa shape index (κ2) is 11.8. The van der Waals surface area contributed by atoms with Gasteiger partial charge < -0.3 is 20.5 Å². The highest BCUT2D eigenvalue weighted by Crippen LogP contribution is 2.36. The van der Waals surface area contributed by atoms with Gasteiger partial charge in [0.05, 0.1) is 11.3 Å². The lowest BCUT2D eigenvalue weighted by Crippen LogP contribution is -2.44. The van der Waals surface area contributed by atoms with Crippen LogP contribution in [0.5, 0.6) is 0 Å². The SMILES string of the molecule is CC(C)N(C(=O)c1ccc(N(c2c(F)cccc2C(N)=O)C2CCN(Cc3ccc[nH]3)CC2)cc1)C(C)C. The van der Waals surface area contributed by atoms with Crippen molar-refractivity contribution in [2.24, 2.45) is 5.73 Å². The Hall–Kier alpha value is -3.65. The zero-order chi connectivity index (χ0) is 27.4. The Morgan fingerprint density at radius 3 is 2.21 bits per heavy atom. The molecule has 2 aromatic carbocycles. The third-order valence-electron chi connectivity index (χ3n) is 7.21. The average molecular weight is 520 g/mol. The molecular weight excluding hydrogens is 481 g/mol. The maximum atomic E-state index is 15.4. The van der Waals surface area contributed by atoms with E-state index in [1.54, 1.807) is 18.2 Å². The van der Waals surface area contributed by atoms with Crippen molar-refractivity contribution in [3.63, 3.8) is 0 Å². The molecule has 0 saturated carbocycles. The van der Waals surface area contributed by atoms with Crippen LogP contribution in [0.15, 0.2) is 60.8 Å². The van der Waals surface area contributed by atoms with Crippen molar-refractivity contribution in [1.29, 1.82) is 0 Å². The van der Waals surface area contributed by atoms with E-state index in [9.17, 15) is 9.59 Å². The first-order chi connectivity index (χ1) is 18.2. The molecule has 202 valence electrons. The third-order valence-corrected chi connectivity index (χ3v) is 7.21. The predicted molar refractivity (Wildman–Crippen MR) is 149 cm³/mol. The van der Waals surface area contributed by atoms with Crippen molar-refractivity contribution in [2.75, 3.05) is 18.0 Å². The number of likely N-dealkylation sites (tertiary alicyclic amines) is 1. The topological polar surface area (TPSA) is 85.7 Å². The Labute approximate surface area is 224 Å². The first-order valence-electron chi connectivity index (χ1n) is 13.3.